The zero-order chi connectivity index (χ0) is 22.4. The summed E-state index contributed by atoms with van der Waals surface area (Å²) in [4.78, 5) is 23.6. The number of amides is 2. The first-order chi connectivity index (χ1) is 14.8. The summed E-state index contributed by atoms with van der Waals surface area (Å²) in [6.45, 7) is 5.76. The molecule has 9 heteroatoms. The first kappa shape index (κ1) is 23.0. The fraction of sp³-hybridized carbons (Fsp3) is 0.318. The van der Waals surface area contributed by atoms with Crippen LogP contribution < -0.4 is 14.8 Å². The number of carbonyl (C=O) groups is 2. The van der Waals surface area contributed by atoms with E-state index in [4.69, 9.17) is 21.1 Å². The highest BCUT2D eigenvalue weighted by Crippen LogP contribution is 2.42. The second-order valence-electron chi connectivity index (χ2n) is 6.97. The van der Waals surface area contributed by atoms with Gasteiger partial charge in [0.05, 0.1) is 13.2 Å². The maximum Gasteiger partial charge on any atom is 0.241 e. The molecular weight excluding hydrogens is 438 g/mol. The van der Waals surface area contributed by atoms with Crippen LogP contribution in [0.5, 0.6) is 11.5 Å². The Balaban J connectivity index is 1.64. The largest absolute Gasteiger partial charge is 0.493 e. The zero-order valence-corrected chi connectivity index (χ0v) is 19.1. The lowest BCUT2D eigenvalue weighted by molar-refractivity contribution is -0.129. The van der Waals surface area contributed by atoms with Crippen LogP contribution in [0.25, 0.3) is 0 Å². The van der Waals surface area contributed by atoms with Crippen LogP contribution in [0.4, 0.5) is 0 Å². The van der Waals surface area contributed by atoms with Gasteiger partial charge in [0, 0.05) is 30.9 Å². The highest BCUT2D eigenvalue weighted by atomic mass is 35.5. The molecule has 0 bridgehead atoms. The number of hydrogen-bond donors (Lipinski definition) is 1. The van der Waals surface area contributed by atoms with Crippen molar-refractivity contribution in [3.05, 3.63) is 58.6 Å². The van der Waals surface area contributed by atoms with Crippen molar-refractivity contribution >= 4 is 40.3 Å². The molecule has 2 aromatic rings. The van der Waals surface area contributed by atoms with Gasteiger partial charge in [-0.15, -0.1) is 5.10 Å². The van der Waals surface area contributed by atoms with Crippen molar-refractivity contribution in [3.63, 3.8) is 0 Å². The van der Waals surface area contributed by atoms with E-state index in [1.54, 1.807) is 12.1 Å². The Bertz CT molecular complexity index is 981. The maximum atomic E-state index is 12.1. The quantitative estimate of drug-likeness (QED) is 0.614. The average molecular weight is 462 g/mol. The van der Waals surface area contributed by atoms with E-state index < -0.39 is 5.37 Å². The molecule has 1 heterocycles. The Morgan fingerprint density at radius 3 is 2.52 bits per heavy atom. The molecule has 31 heavy (non-hydrogen) atoms. The van der Waals surface area contributed by atoms with Crippen LogP contribution in [0.3, 0.4) is 0 Å². The highest BCUT2D eigenvalue weighted by molar-refractivity contribution is 8.14. The van der Waals surface area contributed by atoms with E-state index in [2.05, 4.69) is 10.4 Å². The van der Waals surface area contributed by atoms with E-state index in [1.807, 2.05) is 37.3 Å². The van der Waals surface area contributed by atoms with Gasteiger partial charge >= 0.3 is 0 Å². The number of nitrogens with zero attached hydrogens (tertiary/aromatic N) is 2. The van der Waals surface area contributed by atoms with Crippen molar-refractivity contribution in [2.45, 2.75) is 32.6 Å². The van der Waals surface area contributed by atoms with Crippen molar-refractivity contribution in [1.82, 2.24) is 10.3 Å². The monoisotopic (exact) mass is 461 g/mol. The molecule has 0 aromatic heterocycles. The number of halogens is 1. The Hall–Kier alpha value is -2.71. The van der Waals surface area contributed by atoms with Gasteiger partial charge < -0.3 is 14.8 Å². The van der Waals surface area contributed by atoms with E-state index in [-0.39, 0.29) is 11.8 Å². The zero-order valence-electron chi connectivity index (χ0n) is 17.6. The summed E-state index contributed by atoms with van der Waals surface area (Å²) in [6, 6.07) is 13.0. The predicted octanol–water partition coefficient (Wildman–Crippen LogP) is 4.50. The minimum atomic E-state index is -0.417. The van der Waals surface area contributed by atoms with E-state index in [9.17, 15) is 9.59 Å². The SMILES string of the molecule is CC(=O)NC1=NN(C(C)=O)[C@@H](c2cc(C)ccc2OCCCOc2ccc(Cl)cc2)S1. The minimum Gasteiger partial charge on any atom is -0.493 e. The third kappa shape index (κ3) is 6.38. The fourth-order valence-corrected chi connectivity index (χ4v) is 4.20. The lowest BCUT2D eigenvalue weighted by Gasteiger charge is -2.22. The molecule has 1 aliphatic heterocycles. The highest BCUT2D eigenvalue weighted by Gasteiger charge is 2.34. The van der Waals surface area contributed by atoms with Gasteiger partial charge in [-0.3, -0.25) is 9.59 Å². The van der Waals surface area contributed by atoms with Crippen molar-refractivity contribution in [2.75, 3.05) is 13.2 Å². The smallest absolute Gasteiger partial charge is 0.241 e. The molecule has 0 radical (unpaired) electrons. The summed E-state index contributed by atoms with van der Waals surface area (Å²) in [5.74, 6) is 0.959. The van der Waals surface area contributed by atoms with Gasteiger partial charge in [-0.25, -0.2) is 5.01 Å². The van der Waals surface area contributed by atoms with E-state index in [0.717, 1.165) is 16.9 Å². The Morgan fingerprint density at radius 2 is 1.84 bits per heavy atom. The number of thioether (sulfide) groups is 1. The van der Waals surface area contributed by atoms with Crippen LogP contribution in [0.15, 0.2) is 47.6 Å². The number of carbonyl (C=O) groups excluding carboxylic acids is 2. The number of hydrogen-bond acceptors (Lipinski definition) is 6. The number of amidine groups is 1. The number of nitrogens with one attached hydrogen (secondary N) is 1. The third-order valence-electron chi connectivity index (χ3n) is 4.31. The summed E-state index contributed by atoms with van der Waals surface area (Å²) in [5.41, 5.74) is 1.86. The average Bonchev–Trinajstić information content (AvgIpc) is 3.13. The van der Waals surface area contributed by atoms with E-state index >= 15 is 0 Å². The fourth-order valence-electron chi connectivity index (χ4n) is 2.92. The Kier molecular flexibility index (Phi) is 7.81. The third-order valence-corrected chi connectivity index (χ3v) is 5.65. The molecule has 0 unspecified atom stereocenters. The molecule has 1 N–H and O–H groups in total. The lowest BCUT2D eigenvalue weighted by Crippen LogP contribution is -2.25. The molecule has 0 aliphatic carbocycles. The molecule has 2 aromatic carbocycles. The molecule has 1 aliphatic rings. The predicted molar refractivity (Wildman–Crippen MR) is 122 cm³/mol. The Labute approximate surface area is 190 Å². The van der Waals surface area contributed by atoms with Crippen LogP contribution in [0.2, 0.25) is 5.02 Å². The molecule has 7 nitrogen and oxygen atoms in total. The number of hydrazone groups is 1. The van der Waals surface area contributed by atoms with Crippen LogP contribution in [0, 0.1) is 6.92 Å². The van der Waals surface area contributed by atoms with Crippen molar-refractivity contribution in [2.24, 2.45) is 5.10 Å². The van der Waals surface area contributed by atoms with Crippen molar-refractivity contribution in [1.29, 1.82) is 0 Å². The molecular formula is C22H24ClN3O4S. The molecule has 0 spiro atoms. The molecule has 164 valence electrons. The van der Waals surface area contributed by atoms with Crippen molar-refractivity contribution < 1.29 is 19.1 Å². The summed E-state index contributed by atoms with van der Waals surface area (Å²) in [5, 5.41) is 8.90. The van der Waals surface area contributed by atoms with Gasteiger partial charge in [0.25, 0.3) is 0 Å². The topological polar surface area (TPSA) is 80.2 Å². The molecule has 0 saturated carbocycles. The molecule has 3 rings (SSSR count). The van der Waals surface area contributed by atoms with Crippen molar-refractivity contribution in [3.8, 4) is 11.5 Å². The van der Waals surface area contributed by atoms with Gasteiger partial charge in [0.15, 0.2) is 5.17 Å². The normalized spacial score (nSPS) is 15.4. The standard InChI is InChI=1S/C22H24ClN3O4S/c1-14-5-10-20(30-12-4-11-29-18-8-6-17(23)7-9-18)19(13-14)21-26(16(3)28)25-22(31-21)24-15(2)27/h5-10,13,21H,4,11-12H2,1-3H3,(H,24,25,27)/t21-/m1/s1. The number of aryl methyl sites for hydroxylation is 1. The second-order valence-corrected chi connectivity index (χ2v) is 8.47. The molecule has 1 atom stereocenters. The first-order valence-electron chi connectivity index (χ1n) is 9.78. The second kappa shape index (κ2) is 10.5. The Morgan fingerprint density at radius 1 is 1.13 bits per heavy atom. The van der Waals surface area contributed by atoms with E-state index in [1.165, 1.54) is 30.6 Å². The maximum absolute atomic E-state index is 12.1. The molecule has 2 amide bonds. The van der Waals surface area contributed by atoms with Gasteiger partial charge in [-0.2, -0.15) is 0 Å². The van der Waals surface area contributed by atoms with Gasteiger partial charge in [0.2, 0.25) is 11.8 Å². The summed E-state index contributed by atoms with van der Waals surface area (Å²) in [6.07, 6.45) is 0.678. The lowest BCUT2D eigenvalue weighted by atomic mass is 10.1. The number of ether oxygens (including phenoxy) is 2. The van der Waals surface area contributed by atoms with Crippen LogP contribution in [-0.2, 0) is 9.59 Å². The van der Waals surface area contributed by atoms with Crippen LogP contribution >= 0.6 is 23.4 Å². The minimum absolute atomic E-state index is 0.221. The van der Waals surface area contributed by atoms with E-state index in [0.29, 0.717) is 35.6 Å². The molecule has 0 fully saturated rings. The number of benzene rings is 2. The first-order valence-corrected chi connectivity index (χ1v) is 11.0. The summed E-state index contributed by atoms with van der Waals surface area (Å²) < 4.78 is 11.7. The van der Waals surface area contributed by atoms with Crippen LogP contribution in [-0.4, -0.2) is 35.2 Å². The number of rotatable bonds is 7. The summed E-state index contributed by atoms with van der Waals surface area (Å²) >= 11 is 7.18. The van der Waals surface area contributed by atoms with Gasteiger partial charge in [-0.05, 0) is 43.3 Å². The molecule has 0 saturated heterocycles. The van der Waals surface area contributed by atoms with Gasteiger partial charge in [0.1, 0.15) is 16.9 Å². The van der Waals surface area contributed by atoms with Crippen LogP contribution in [0.1, 0.15) is 36.8 Å². The van der Waals surface area contributed by atoms with Gasteiger partial charge in [-0.1, -0.05) is 35.0 Å². The summed E-state index contributed by atoms with van der Waals surface area (Å²) in [7, 11) is 0.